The number of carboxylic acid groups (broad SMARTS) is 8. The molecule has 0 aliphatic rings. The van der Waals surface area contributed by atoms with Gasteiger partial charge in [-0.05, 0) is 0 Å². The number of carbonyl (C=O) groups is 8. The number of hydrogen-bond acceptors (Lipinski definition) is 14. The predicted octanol–water partition coefficient (Wildman–Crippen LogP) is -5.40. The lowest BCUT2D eigenvalue weighted by Crippen LogP contribution is -2.80. The number of carboxylic acids is 8. The van der Waals surface area contributed by atoms with Gasteiger partial charge in [-0.1, -0.05) is 0 Å². The van der Waals surface area contributed by atoms with Crippen LogP contribution < -0.4 is 17.2 Å². The maximum Gasteiger partial charge on any atom is 0.317 e. The van der Waals surface area contributed by atoms with Crippen LogP contribution in [0.5, 0.6) is 0 Å². The highest BCUT2D eigenvalue weighted by Gasteiger charge is 2.51. The molecule has 0 unspecified atom stereocenters. The fraction of sp³-hybridized carbons (Fsp3) is 0.600. The van der Waals surface area contributed by atoms with E-state index in [0.717, 1.165) is 9.80 Å². The van der Waals surface area contributed by atoms with Crippen molar-refractivity contribution in [1.29, 1.82) is 0 Å². The van der Waals surface area contributed by atoms with Crippen molar-refractivity contribution in [3.05, 3.63) is 0 Å². The Bertz CT molecular complexity index is 919. The summed E-state index contributed by atoms with van der Waals surface area (Å²) in [7, 11) is 0. The van der Waals surface area contributed by atoms with E-state index >= 15 is 0 Å². The summed E-state index contributed by atoms with van der Waals surface area (Å²) in [6.07, 6.45) is -2.02. The fourth-order valence-corrected chi connectivity index (χ4v) is 3.32. The molecule has 0 aliphatic carbocycles. The summed E-state index contributed by atoms with van der Waals surface area (Å²) in [6, 6.07) is 0. The Morgan fingerprint density at radius 2 is 0.667 bits per heavy atom. The van der Waals surface area contributed by atoms with Crippen molar-refractivity contribution >= 4 is 47.8 Å². The first kappa shape index (κ1) is 39.7. The molecule has 240 valence electrons. The van der Waals surface area contributed by atoms with Gasteiger partial charge < -0.3 is 46.6 Å². The number of nitrogens with two attached hydrogens (primary N) is 3. The minimum absolute atomic E-state index is 0.0703. The van der Waals surface area contributed by atoms with Gasteiger partial charge in [-0.2, -0.15) is 0 Å². The number of hydrogen-bond donors (Lipinski definition) is 11. The van der Waals surface area contributed by atoms with Crippen molar-refractivity contribution in [1.82, 2.24) is 14.7 Å². The van der Waals surface area contributed by atoms with Crippen LogP contribution in [0.1, 0.15) is 12.8 Å². The monoisotopic (exact) mass is 614 g/mol. The van der Waals surface area contributed by atoms with Gasteiger partial charge >= 0.3 is 47.8 Å². The third-order valence-electron chi connectivity index (χ3n) is 5.07. The summed E-state index contributed by atoms with van der Waals surface area (Å²) in [5.74, 6) is -13.5. The first-order valence-corrected chi connectivity index (χ1v) is 11.3. The van der Waals surface area contributed by atoms with E-state index in [9.17, 15) is 38.4 Å². The minimum Gasteiger partial charge on any atom is -0.481 e. The first-order valence-electron chi connectivity index (χ1n) is 11.3. The van der Waals surface area contributed by atoms with Crippen LogP contribution in [0.15, 0.2) is 0 Å². The van der Waals surface area contributed by atoms with Crippen LogP contribution in [0.25, 0.3) is 0 Å². The first-order chi connectivity index (χ1) is 19.0. The average Bonchev–Trinajstić information content (AvgIpc) is 2.73. The molecule has 0 heterocycles. The summed E-state index contributed by atoms with van der Waals surface area (Å²) in [5.41, 5.74) is 14.7. The lowest BCUT2D eigenvalue weighted by atomic mass is 9.83. The van der Waals surface area contributed by atoms with Gasteiger partial charge in [0.25, 0.3) is 0 Å². The summed E-state index contributed by atoms with van der Waals surface area (Å²) >= 11 is 0. The topological polar surface area (TPSA) is 386 Å². The van der Waals surface area contributed by atoms with Crippen LogP contribution in [0.3, 0.4) is 0 Å². The zero-order valence-corrected chi connectivity index (χ0v) is 22.0. The molecular formula is C20H34N6O16. The highest BCUT2D eigenvalue weighted by atomic mass is 16.4. The maximum atomic E-state index is 10.9. The minimum atomic E-state index is -2.51. The maximum absolute atomic E-state index is 10.9. The summed E-state index contributed by atoms with van der Waals surface area (Å²) < 4.78 is 0. The zero-order valence-electron chi connectivity index (χ0n) is 22.0. The Balaban J connectivity index is 0. The highest BCUT2D eigenvalue weighted by molar-refractivity contribution is 5.76. The molecule has 0 spiro atoms. The summed E-state index contributed by atoms with van der Waals surface area (Å²) in [5, 5.41) is 69.7. The Labute approximate surface area is 236 Å². The largest absolute Gasteiger partial charge is 0.481 e. The van der Waals surface area contributed by atoms with E-state index in [4.69, 9.17) is 58.1 Å². The van der Waals surface area contributed by atoms with Crippen LogP contribution in [0.4, 0.5) is 0 Å². The summed E-state index contributed by atoms with van der Waals surface area (Å²) in [6.45, 7) is -4.20. The highest BCUT2D eigenvalue weighted by Crippen LogP contribution is 2.25. The van der Waals surface area contributed by atoms with Gasteiger partial charge in [-0.15, -0.1) is 0 Å². The van der Waals surface area contributed by atoms with E-state index in [0.29, 0.717) is 4.90 Å². The summed E-state index contributed by atoms with van der Waals surface area (Å²) in [4.78, 5) is 88.2. The smallest absolute Gasteiger partial charge is 0.317 e. The molecule has 14 N–H and O–H groups in total. The second-order valence-electron chi connectivity index (χ2n) is 8.76. The van der Waals surface area contributed by atoms with Gasteiger partial charge in [0, 0.05) is 13.1 Å². The van der Waals surface area contributed by atoms with Gasteiger partial charge in [0.15, 0.2) is 0 Å². The van der Waals surface area contributed by atoms with E-state index < -0.39 is 111 Å². The van der Waals surface area contributed by atoms with Crippen molar-refractivity contribution in [3.8, 4) is 0 Å². The lowest BCUT2D eigenvalue weighted by molar-refractivity contribution is -0.151. The second kappa shape index (κ2) is 18.1. The average molecular weight is 615 g/mol. The molecule has 0 atom stereocenters. The molecule has 0 amide bonds. The third-order valence-corrected chi connectivity index (χ3v) is 5.07. The van der Waals surface area contributed by atoms with E-state index in [1.807, 2.05) is 0 Å². The Morgan fingerprint density at radius 1 is 0.429 bits per heavy atom. The molecular weight excluding hydrogens is 580 g/mol. The van der Waals surface area contributed by atoms with E-state index in [-0.39, 0.29) is 13.1 Å². The molecule has 0 aromatic rings. The molecule has 0 saturated heterocycles. The lowest BCUT2D eigenvalue weighted by Gasteiger charge is -2.47. The van der Waals surface area contributed by atoms with Crippen molar-refractivity contribution in [2.24, 2.45) is 17.2 Å². The third kappa shape index (κ3) is 17.3. The molecule has 22 heteroatoms. The normalized spacial score (nSPS) is 11.5. The molecule has 22 nitrogen and oxygen atoms in total. The Kier molecular flexibility index (Phi) is 17.0. The van der Waals surface area contributed by atoms with Gasteiger partial charge in [-0.25, -0.2) is 4.90 Å². The molecule has 42 heavy (non-hydrogen) atoms. The molecule has 0 aliphatic heterocycles. The molecule has 0 aromatic carbocycles. The van der Waals surface area contributed by atoms with E-state index in [1.54, 1.807) is 0 Å². The van der Waals surface area contributed by atoms with Crippen molar-refractivity contribution in [2.45, 2.75) is 24.2 Å². The van der Waals surface area contributed by atoms with E-state index in [1.165, 1.54) is 0 Å². The molecule has 0 fully saturated rings. The molecule has 0 aromatic heterocycles. The van der Waals surface area contributed by atoms with Crippen LogP contribution >= 0.6 is 0 Å². The Hall–Kier alpha value is -4.48. The van der Waals surface area contributed by atoms with Crippen molar-refractivity contribution in [3.63, 3.8) is 0 Å². The fourth-order valence-electron chi connectivity index (χ4n) is 3.32. The number of rotatable bonds is 21. The molecule has 0 radical (unpaired) electrons. The number of nitrogens with zero attached hydrogens (tertiary/aromatic N) is 3. The standard InChI is InChI=1S/C10H18N4O8.C10H16N2O8/c11-9(1-5(15)16,2-6(17)18)10(12,13)14(3-7(19)20)4-8(21)22;13-7(14)3-11(4-8(15)16)1-2-12(5-9(17)18)6-10(19)20/h1-4,11-13H2,(H,15,16)(H,17,18)(H,19,20)(H,21,22);1-6H2,(H,13,14)(H,15,16)(H,17,18)(H,19,20). The molecule has 0 saturated carbocycles. The van der Waals surface area contributed by atoms with E-state index in [2.05, 4.69) is 0 Å². The van der Waals surface area contributed by atoms with Crippen LogP contribution in [-0.4, -0.2) is 167 Å². The SMILES string of the molecule is NC(CC(=O)O)(CC(=O)O)C(N)(N)N(CC(=O)O)CC(=O)O.O=C(O)CN(CCN(CC(=O)O)CC(=O)O)CC(=O)O. The van der Waals surface area contributed by atoms with Crippen LogP contribution in [-0.2, 0) is 38.4 Å². The molecule has 0 bridgehead atoms. The molecule has 0 rings (SSSR count). The predicted molar refractivity (Wildman–Crippen MR) is 133 cm³/mol. The quantitative estimate of drug-likeness (QED) is 0.0537. The zero-order chi connectivity index (χ0) is 33.4. The van der Waals surface area contributed by atoms with Gasteiger partial charge in [0.2, 0.25) is 0 Å². The van der Waals surface area contributed by atoms with Crippen LogP contribution in [0, 0.1) is 0 Å². The van der Waals surface area contributed by atoms with Crippen molar-refractivity contribution in [2.75, 3.05) is 52.4 Å². The van der Waals surface area contributed by atoms with Crippen molar-refractivity contribution < 1.29 is 79.2 Å². The van der Waals surface area contributed by atoms with Gasteiger partial charge in [0.05, 0.1) is 57.6 Å². The number of aliphatic carboxylic acids is 8. The van der Waals surface area contributed by atoms with Gasteiger partial charge in [0.1, 0.15) is 5.79 Å². The second-order valence-corrected chi connectivity index (χ2v) is 8.76. The van der Waals surface area contributed by atoms with Gasteiger partial charge in [-0.3, -0.25) is 59.6 Å². The van der Waals surface area contributed by atoms with Crippen LogP contribution in [0.2, 0.25) is 0 Å². The Morgan fingerprint density at radius 3 is 0.857 bits per heavy atom.